The standard InChI is InChI=1S/C23H27ClN2O4/c1-28-20-13-16(14-21(29-2)23(20)30-3)7-10-22(27)25-17-8-9-19(18(24)15-17)26-11-5-4-6-12-26/h7-10,13-15H,4-6,11-12H2,1-3H3,(H,25,27)/b10-7+. The molecule has 3 rings (SSSR count). The van der Waals surface area contributed by atoms with E-state index in [4.69, 9.17) is 25.8 Å². The predicted octanol–water partition coefficient (Wildman–Crippen LogP) is 5.01. The van der Waals surface area contributed by atoms with Crippen LogP contribution in [0.2, 0.25) is 5.02 Å². The summed E-state index contributed by atoms with van der Waals surface area (Å²) >= 11 is 6.46. The molecular weight excluding hydrogens is 404 g/mol. The van der Waals surface area contributed by atoms with E-state index in [-0.39, 0.29) is 5.91 Å². The molecule has 1 N–H and O–H groups in total. The van der Waals surface area contributed by atoms with E-state index in [0.29, 0.717) is 28.0 Å². The largest absolute Gasteiger partial charge is 0.493 e. The lowest BCUT2D eigenvalue weighted by Gasteiger charge is -2.29. The molecule has 2 aromatic rings. The van der Waals surface area contributed by atoms with Gasteiger partial charge in [-0.15, -0.1) is 0 Å². The number of nitrogens with zero attached hydrogens (tertiary/aromatic N) is 1. The summed E-state index contributed by atoms with van der Waals surface area (Å²) in [5, 5.41) is 3.49. The SMILES string of the molecule is COc1cc(/C=C/C(=O)Nc2ccc(N3CCCCC3)c(Cl)c2)cc(OC)c1OC. The fraction of sp³-hybridized carbons (Fsp3) is 0.348. The maximum absolute atomic E-state index is 12.4. The van der Waals surface area contributed by atoms with Crippen LogP contribution in [0.15, 0.2) is 36.4 Å². The number of nitrogens with one attached hydrogen (secondary N) is 1. The molecule has 1 saturated heterocycles. The number of benzene rings is 2. The summed E-state index contributed by atoms with van der Waals surface area (Å²) in [7, 11) is 4.65. The van der Waals surface area contributed by atoms with Crippen molar-refractivity contribution in [2.24, 2.45) is 0 Å². The highest BCUT2D eigenvalue weighted by molar-refractivity contribution is 6.33. The molecule has 30 heavy (non-hydrogen) atoms. The maximum Gasteiger partial charge on any atom is 0.248 e. The van der Waals surface area contributed by atoms with Gasteiger partial charge in [0.05, 0.1) is 32.0 Å². The average Bonchev–Trinajstić information content (AvgIpc) is 2.77. The summed E-state index contributed by atoms with van der Waals surface area (Å²) in [5.41, 5.74) is 2.42. The van der Waals surface area contributed by atoms with Crippen LogP contribution in [0.1, 0.15) is 24.8 Å². The van der Waals surface area contributed by atoms with Crippen LogP contribution >= 0.6 is 11.6 Å². The molecule has 1 aliphatic rings. The van der Waals surface area contributed by atoms with Gasteiger partial charge in [-0.25, -0.2) is 0 Å². The minimum atomic E-state index is -0.259. The van der Waals surface area contributed by atoms with Gasteiger partial charge in [0, 0.05) is 24.9 Å². The van der Waals surface area contributed by atoms with Crippen molar-refractivity contribution in [3.8, 4) is 17.2 Å². The number of methoxy groups -OCH3 is 3. The van der Waals surface area contributed by atoms with Crippen molar-refractivity contribution in [3.63, 3.8) is 0 Å². The van der Waals surface area contributed by atoms with Gasteiger partial charge in [0.25, 0.3) is 0 Å². The third kappa shape index (κ3) is 5.19. The Morgan fingerprint density at radius 1 is 1.00 bits per heavy atom. The van der Waals surface area contributed by atoms with Gasteiger partial charge in [-0.05, 0) is 61.2 Å². The van der Waals surface area contributed by atoms with Crippen LogP contribution < -0.4 is 24.4 Å². The molecule has 0 unspecified atom stereocenters. The van der Waals surface area contributed by atoms with E-state index in [1.807, 2.05) is 12.1 Å². The first kappa shape index (κ1) is 21.8. The highest BCUT2D eigenvalue weighted by Crippen LogP contribution is 2.38. The summed E-state index contributed by atoms with van der Waals surface area (Å²) in [6.45, 7) is 2.03. The minimum Gasteiger partial charge on any atom is -0.493 e. The average molecular weight is 431 g/mol. The summed E-state index contributed by atoms with van der Waals surface area (Å²) in [5.74, 6) is 1.30. The molecule has 0 radical (unpaired) electrons. The van der Waals surface area contributed by atoms with E-state index in [0.717, 1.165) is 24.3 Å². The lowest BCUT2D eigenvalue weighted by atomic mass is 10.1. The van der Waals surface area contributed by atoms with Gasteiger partial charge < -0.3 is 24.4 Å². The maximum atomic E-state index is 12.4. The van der Waals surface area contributed by atoms with Crippen molar-refractivity contribution in [1.29, 1.82) is 0 Å². The summed E-state index contributed by atoms with van der Waals surface area (Å²) in [6.07, 6.45) is 6.76. The first-order chi connectivity index (χ1) is 14.5. The van der Waals surface area contributed by atoms with Crippen LogP contribution in [-0.2, 0) is 4.79 Å². The first-order valence-corrected chi connectivity index (χ1v) is 10.3. The van der Waals surface area contributed by atoms with Gasteiger partial charge in [-0.2, -0.15) is 0 Å². The van der Waals surface area contributed by atoms with Crippen molar-refractivity contribution in [1.82, 2.24) is 0 Å². The van der Waals surface area contributed by atoms with E-state index < -0.39 is 0 Å². The second kappa shape index (κ2) is 10.3. The first-order valence-electron chi connectivity index (χ1n) is 9.89. The van der Waals surface area contributed by atoms with E-state index in [1.165, 1.54) is 25.3 Å². The van der Waals surface area contributed by atoms with Gasteiger partial charge in [-0.3, -0.25) is 4.79 Å². The number of hydrogen-bond acceptors (Lipinski definition) is 5. The van der Waals surface area contributed by atoms with Gasteiger partial charge >= 0.3 is 0 Å². The Labute approximate surface area is 182 Å². The van der Waals surface area contributed by atoms with Gasteiger partial charge in [0.15, 0.2) is 11.5 Å². The van der Waals surface area contributed by atoms with Crippen molar-refractivity contribution >= 4 is 35.0 Å². The molecule has 6 nitrogen and oxygen atoms in total. The Morgan fingerprint density at radius 3 is 2.23 bits per heavy atom. The Balaban J connectivity index is 1.69. The predicted molar refractivity (Wildman–Crippen MR) is 121 cm³/mol. The second-order valence-corrected chi connectivity index (χ2v) is 7.40. The fourth-order valence-corrected chi connectivity index (χ4v) is 3.83. The van der Waals surface area contributed by atoms with Gasteiger partial charge in [0.1, 0.15) is 0 Å². The zero-order chi connectivity index (χ0) is 21.5. The monoisotopic (exact) mass is 430 g/mol. The lowest BCUT2D eigenvalue weighted by molar-refractivity contribution is -0.111. The lowest BCUT2D eigenvalue weighted by Crippen LogP contribution is -2.29. The number of amides is 1. The molecule has 1 aliphatic heterocycles. The molecule has 0 aliphatic carbocycles. The number of rotatable bonds is 7. The van der Waals surface area contributed by atoms with Crippen molar-refractivity contribution in [2.75, 3.05) is 44.6 Å². The molecule has 160 valence electrons. The quantitative estimate of drug-likeness (QED) is 0.626. The number of carbonyl (C=O) groups is 1. The molecule has 0 bridgehead atoms. The second-order valence-electron chi connectivity index (χ2n) is 7.00. The van der Waals surface area contributed by atoms with Gasteiger partial charge in [-0.1, -0.05) is 11.6 Å². The zero-order valence-corrected chi connectivity index (χ0v) is 18.3. The molecule has 7 heteroatoms. The molecule has 0 aromatic heterocycles. The molecule has 0 atom stereocenters. The Kier molecular flexibility index (Phi) is 7.46. The Morgan fingerprint density at radius 2 is 1.67 bits per heavy atom. The number of carbonyl (C=O) groups excluding carboxylic acids is 1. The molecule has 0 spiro atoms. The summed E-state index contributed by atoms with van der Waals surface area (Å²) in [4.78, 5) is 14.7. The van der Waals surface area contributed by atoms with E-state index in [1.54, 1.807) is 45.6 Å². The number of anilines is 2. The number of ether oxygens (including phenoxy) is 3. The third-order valence-corrected chi connectivity index (χ3v) is 5.33. The summed E-state index contributed by atoms with van der Waals surface area (Å²) < 4.78 is 16.0. The van der Waals surface area contributed by atoms with Crippen LogP contribution in [0, 0.1) is 0 Å². The molecule has 2 aromatic carbocycles. The number of piperidine rings is 1. The van der Waals surface area contributed by atoms with Gasteiger partial charge in [0.2, 0.25) is 11.7 Å². The Bertz CT molecular complexity index is 898. The van der Waals surface area contributed by atoms with Crippen LogP contribution in [0.5, 0.6) is 17.2 Å². The smallest absolute Gasteiger partial charge is 0.248 e. The van der Waals surface area contributed by atoms with Crippen LogP contribution in [-0.4, -0.2) is 40.3 Å². The summed E-state index contributed by atoms with van der Waals surface area (Å²) in [6, 6.07) is 9.18. The van der Waals surface area contributed by atoms with Crippen LogP contribution in [0.25, 0.3) is 6.08 Å². The minimum absolute atomic E-state index is 0.259. The highest BCUT2D eigenvalue weighted by Gasteiger charge is 2.15. The van der Waals surface area contributed by atoms with E-state index in [9.17, 15) is 4.79 Å². The number of hydrogen-bond donors (Lipinski definition) is 1. The highest BCUT2D eigenvalue weighted by atomic mass is 35.5. The zero-order valence-electron chi connectivity index (χ0n) is 17.5. The van der Waals surface area contributed by atoms with E-state index in [2.05, 4.69) is 10.2 Å². The van der Waals surface area contributed by atoms with E-state index >= 15 is 0 Å². The van der Waals surface area contributed by atoms with Crippen LogP contribution in [0.3, 0.4) is 0 Å². The molecular formula is C23H27ClN2O4. The molecule has 1 fully saturated rings. The fourth-order valence-electron chi connectivity index (χ4n) is 3.53. The number of halogens is 1. The van der Waals surface area contributed by atoms with Crippen molar-refractivity contribution in [2.45, 2.75) is 19.3 Å². The topological polar surface area (TPSA) is 60.0 Å². The molecule has 0 saturated carbocycles. The van der Waals surface area contributed by atoms with Crippen LogP contribution in [0.4, 0.5) is 11.4 Å². The Hall–Kier alpha value is -2.86. The molecule has 1 heterocycles. The third-order valence-electron chi connectivity index (χ3n) is 5.03. The van der Waals surface area contributed by atoms with Crippen molar-refractivity contribution < 1.29 is 19.0 Å². The van der Waals surface area contributed by atoms with Crippen molar-refractivity contribution in [3.05, 3.63) is 47.0 Å². The normalized spacial score (nSPS) is 13.9. The molecule has 1 amide bonds.